The van der Waals surface area contributed by atoms with Gasteiger partial charge in [0.15, 0.2) is 0 Å². The summed E-state index contributed by atoms with van der Waals surface area (Å²) in [6, 6.07) is -0.0407. The first kappa shape index (κ1) is 12.4. The molecule has 0 aromatic heterocycles. The number of amides is 1. The van der Waals surface area contributed by atoms with Crippen molar-refractivity contribution in [1.29, 1.82) is 0 Å². The van der Waals surface area contributed by atoms with E-state index in [0.29, 0.717) is 12.5 Å². The molecular weight excluding hydrogens is 164 g/mol. The van der Waals surface area contributed by atoms with E-state index in [2.05, 4.69) is 19.2 Å². The Morgan fingerprint density at radius 2 is 1.92 bits per heavy atom. The van der Waals surface area contributed by atoms with Gasteiger partial charge >= 0.3 is 0 Å². The van der Waals surface area contributed by atoms with Crippen molar-refractivity contribution in [2.75, 3.05) is 0 Å². The monoisotopic (exact) mass is 186 g/mol. The van der Waals surface area contributed by atoms with Gasteiger partial charge < -0.3 is 11.1 Å². The van der Waals surface area contributed by atoms with Gasteiger partial charge in [-0.2, -0.15) is 0 Å². The standard InChI is InChI=1S/C10H22N2O/c1-4-7-8(5-2)12-10(13)9(11)6-3/h8-9H,4-7,11H2,1-3H3,(H,12,13)/t8?,9-/m1/s1. The lowest BCUT2D eigenvalue weighted by molar-refractivity contribution is -0.123. The van der Waals surface area contributed by atoms with Crippen LogP contribution < -0.4 is 11.1 Å². The van der Waals surface area contributed by atoms with E-state index in [1.54, 1.807) is 0 Å². The summed E-state index contributed by atoms with van der Waals surface area (Å²) in [7, 11) is 0. The van der Waals surface area contributed by atoms with Crippen LogP contribution in [0.2, 0.25) is 0 Å². The Hall–Kier alpha value is -0.570. The molecule has 1 amide bonds. The van der Waals surface area contributed by atoms with Crippen molar-refractivity contribution in [3.8, 4) is 0 Å². The van der Waals surface area contributed by atoms with Gasteiger partial charge in [0.2, 0.25) is 5.91 Å². The van der Waals surface area contributed by atoms with Crippen molar-refractivity contribution in [2.24, 2.45) is 5.73 Å². The van der Waals surface area contributed by atoms with E-state index in [1.807, 2.05) is 6.92 Å². The minimum absolute atomic E-state index is 0.0113. The smallest absolute Gasteiger partial charge is 0.237 e. The van der Waals surface area contributed by atoms with Crippen LogP contribution in [0, 0.1) is 0 Å². The van der Waals surface area contributed by atoms with Gasteiger partial charge in [0.1, 0.15) is 0 Å². The summed E-state index contributed by atoms with van der Waals surface area (Å²) >= 11 is 0. The first-order valence-corrected chi connectivity index (χ1v) is 5.21. The molecule has 0 aliphatic carbocycles. The highest BCUT2D eigenvalue weighted by molar-refractivity contribution is 5.81. The highest BCUT2D eigenvalue weighted by Gasteiger charge is 2.14. The van der Waals surface area contributed by atoms with Crippen LogP contribution in [0.15, 0.2) is 0 Å². The van der Waals surface area contributed by atoms with E-state index in [9.17, 15) is 4.79 Å². The molecule has 13 heavy (non-hydrogen) atoms. The molecular formula is C10H22N2O. The van der Waals surface area contributed by atoms with Gasteiger partial charge in [-0.3, -0.25) is 4.79 Å². The summed E-state index contributed by atoms with van der Waals surface area (Å²) in [4.78, 5) is 11.4. The Morgan fingerprint density at radius 1 is 1.31 bits per heavy atom. The van der Waals surface area contributed by atoms with E-state index in [1.165, 1.54) is 0 Å². The molecule has 3 N–H and O–H groups in total. The molecule has 0 rings (SSSR count). The molecule has 0 saturated heterocycles. The molecule has 0 heterocycles. The Balaban J connectivity index is 3.85. The third kappa shape index (κ3) is 4.88. The number of hydrogen-bond acceptors (Lipinski definition) is 2. The number of hydrogen-bond donors (Lipinski definition) is 2. The van der Waals surface area contributed by atoms with Gasteiger partial charge in [0.05, 0.1) is 6.04 Å². The lowest BCUT2D eigenvalue weighted by Crippen LogP contribution is -2.44. The minimum atomic E-state index is -0.342. The van der Waals surface area contributed by atoms with Crippen LogP contribution in [-0.2, 0) is 4.79 Å². The molecule has 0 spiro atoms. The third-order valence-corrected chi connectivity index (χ3v) is 2.25. The van der Waals surface area contributed by atoms with Crippen molar-refractivity contribution in [1.82, 2.24) is 5.32 Å². The van der Waals surface area contributed by atoms with Crippen LogP contribution >= 0.6 is 0 Å². The first-order valence-electron chi connectivity index (χ1n) is 5.21. The minimum Gasteiger partial charge on any atom is -0.352 e. The average molecular weight is 186 g/mol. The maximum atomic E-state index is 11.4. The normalized spacial score (nSPS) is 15.1. The molecule has 0 aliphatic rings. The molecule has 0 radical (unpaired) electrons. The topological polar surface area (TPSA) is 55.1 Å². The van der Waals surface area contributed by atoms with Gasteiger partial charge in [-0.05, 0) is 19.3 Å². The summed E-state index contributed by atoms with van der Waals surface area (Å²) in [5, 5.41) is 2.95. The van der Waals surface area contributed by atoms with Gasteiger partial charge in [0.25, 0.3) is 0 Å². The largest absolute Gasteiger partial charge is 0.352 e. The zero-order chi connectivity index (χ0) is 10.3. The zero-order valence-electron chi connectivity index (χ0n) is 8.97. The van der Waals surface area contributed by atoms with E-state index < -0.39 is 0 Å². The van der Waals surface area contributed by atoms with E-state index >= 15 is 0 Å². The Morgan fingerprint density at radius 3 is 2.31 bits per heavy atom. The van der Waals surface area contributed by atoms with Crippen LogP contribution in [0.3, 0.4) is 0 Å². The van der Waals surface area contributed by atoms with Crippen molar-refractivity contribution in [3.63, 3.8) is 0 Å². The van der Waals surface area contributed by atoms with Crippen LogP contribution in [0.4, 0.5) is 0 Å². The maximum Gasteiger partial charge on any atom is 0.237 e. The van der Waals surface area contributed by atoms with Crippen LogP contribution in [0.1, 0.15) is 46.5 Å². The van der Waals surface area contributed by atoms with Gasteiger partial charge in [-0.25, -0.2) is 0 Å². The number of carbonyl (C=O) groups excluding carboxylic acids is 1. The fourth-order valence-corrected chi connectivity index (χ4v) is 1.22. The Labute approximate surface area is 81.1 Å². The SMILES string of the molecule is CCCC(CC)NC(=O)[C@H](N)CC. The van der Waals surface area contributed by atoms with Crippen molar-refractivity contribution >= 4 is 5.91 Å². The fourth-order valence-electron chi connectivity index (χ4n) is 1.22. The van der Waals surface area contributed by atoms with Gasteiger partial charge in [-0.15, -0.1) is 0 Å². The second kappa shape index (κ2) is 6.89. The van der Waals surface area contributed by atoms with Gasteiger partial charge in [-0.1, -0.05) is 27.2 Å². The predicted molar refractivity (Wildman–Crippen MR) is 55.4 cm³/mol. The Kier molecular flexibility index (Phi) is 6.59. The van der Waals surface area contributed by atoms with Crippen molar-refractivity contribution in [3.05, 3.63) is 0 Å². The molecule has 0 fully saturated rings. The summed E-state index contributed by atoms with van der Waals surface area (Å²) < 4.78 is 0. The lowest BCUT2D eigenvalue weighted by atomic mass is 10.1. The molecule has 0 saturated carbocycles. The fraction of sp³-hybridized carbons (Fsp3) is 0.900. The quantitative estimate of drug-likeness (QED) is 0.659. The third-order valence-electron chi connectivity index (χ3n) is 2.25. The molecule has 3 heteroatoms. The molecule has 0 aromatic carbocycles. The predicted octanol–water partition coefficient (Wildman–Crippen LogP) is 1.42. The van der Waals surface area contributed by atoms with Crippen molar-refractivity contribution in [2.45, 2.75) is 58.5 Å². The second-order valence-electron chi connectivity index (χ2n) is 3.42. The number of rotatable bonds is 6. The van der Waals surface area contributed by atoms with Crippen molar-refractivity contribution < 1.29 is 4.79 Å². The second-order valence-corrected chi connectivity index (χ2v) is 3.42. The lowest BCUT2D eigenvalue weighted by Gasteiger charge is -2.18. The summed E-state index contributed by atoms with van der Waals surface area (Å²) in [6.07, 6.45) is 3.82. The molecule has 2 atom stereocenters. The number of nitrogens with one attached hydrogen (secondary N) is 1. The van der Waals surface area contributed by atoms with Crippen LogP contribution in [0.25, 0.3) is 0 Å². The summed E-state index contributed by atoms with van der Waals surface area (Å²) in [5.41, 5.74) is 5.60. The van der Waals surface area contributed by atoms with E-state index in [4.69, 9.17) is 5.73 Å². The highest BCUT2D eigenvalue weighted by atomic mass is 16.2. The maximum absolute atomic E-state index is 11.4. The molecule has 0 aliphatic heterocycles. The molecule has 0 aromatic rings. The van der Waals surface area contributed by atoms with Gasteiger partial charge in [0, 0.05) is 6.04 Å². The van der Waals surface area contributed by atoms with E-state index in [0.717, 1.165) is 19.3 Å². The molecule has 0 bridgehead atoms. The number of nitrogens with two attached hydrogens (primary N) is 1. The van der Waals surface area contributed by atoms with Crippen LogP contribution in [-0.4, -0.2) is 18.0 Å². The Bertz CT molecular complexity index is 148. The summed E-state index contributed by atoms with van der Waals surface area (Å²) in [5.74, 6) is -0.0113. The van der Waals surface area contributed by atoms with E-state index in [-0.39, 0.29) is 11.9 Å². The molecule has 3 nitrogen and oxygen atoms in total. The zero-order valence-corrected chi connectivity index (χ0v) is 8.97. The molecule has 78 valence electrons. The summed E-state index contributed by atoms with van der Waals surface area (Å²) in [6.45, 7) is 6.12. The first-order chi connectivity index (χ1) is 6.15. The number of carbonyl (C=O) groups is 1. The average Bonchev–Trinajstić information content (AvgIpc) is 2.15. The molecule has 1 unspecified atom stereocenters. The van der Waals surface area contributed by atoms with Crippen LogP contribution in [0.5, 0.6) is 0 Å². The highest BCUT2D eigenvalue weighted by Crippen LogP contribution is 2.01.